The molecule has 1 atom stereocenters. The Balaban J connectivity index is 2.10. The van der Waals surface area contributed by atoms with Gasteiger partial charge in [0.1, 0.15) is 5.82 Å². The third-order valence-electron chi connectivity index (χ3n) is 3.71. The van der Waals surface area contributed by atoms with E-state index in [0.29, 0.717) is 12.0 Å². The van der Waals surface area contributed by atoms with E-state index in [-0.39, 0.29) is 11.8 Å². The van der Waals surface area contributed by atoms with Gasteiger partial charge in [0.05, 0.1) is 17.3 Å². The first-order valence-corrected chi connectivity index (χ1v) is 6.43. The fraction of sp³-hybridized carbons (Fsp3) is 0.267. The molecule has 2 aromatic rings. The molecule has 1 amide bonds. The van der Waals surface area contributed by atoms with Crippen LogP contribution in [-0.4, -0.2) is 15.7 Å². The number of aryl methyl sites for hydroxylation is 2. The maximum Gasteiger partial charge on any atom is 0.226 e. The number of nitrogens with zero attached hydrogens (tertiary/aromatic N) is 3. The van der Waals surface area contributed by atoms with E-state index in [4.69, 9.17) is 5.26 Å². The summed E-state index contributed by atoms with van der Waals surface area (Å²) in [4.78, 5) is 11.9. The molecule has 5 heteroatoms. The number of carbonyl (C=O) groups is 1. The maximum atomic E-state index is 11.9. The van der Waals surface area contributed by atoms with Crippen LogP contribution in [0.3, 0.4) is 0 Å². The van der Waals surface area contributed by atoms with Crippen molar-refractivity contribution >= 4 is 11.7 Å². The second-order valence-corrected chi connectivity index (χ2v) is 5.01. The molecule has 20 heavy (non-hydrogen) atoms. The van der Waals surface area contributed by atoms with Crippen LogP contribution < -0.4 is 5.32 Å². The lowest BCUT2D eigenvalue weighted by atomic mass is 9.85. The Bertz CT molecular complexity index is 722. The van der Waals surface area contributed by atoms with E-state index in [1.807, 2.05) is 26.1 Å². The fourth-order valence-electron chi connectivity index (χ4n) is 2.78. The number of benzene rings is 1. The van der Waals surface area contributed by atoms with Crippen molar-refractivity contribution in [2.24, 2.45) is 7.05 Å². The van der Waals surface area contributed by atoms with Gasteiger partial charge in [-0.1, -0.05) is 12.1 Å². The van der Waals surface area contributed by atoms with E-state index in [2.05, 4.69) is 16.5 Å². The molecule has 3 rings (SSSR count). The number of anilines is 1. The Morgan fingerprint density at radius 1 is 1.40 bits per heavy atom. The number of amides is 1. The van der Waals surface area contributed by atoms with Crippen LogP contribution >= 0.6 is 0 Å². The molecule has 0 saturated carbocycles. The molecular weight excluding hydrogens is 252 g/mol. The lowest BCUT2D eigenvalue weighted by Crippen LogP contribution is -2.24. The fourth-order valence-corrected chi connectivity index (χ4v) is 2.78. The molecular formula is C15H14N4O. The predicted octanol–water partition coefficient (Wildman–Crippen LogP) is 2.07. The number of carbonyl (C=O) groups excluding carboxylic acids is 1. The first-order chi connectivity index (χ1) is 9.60. The quantitative estimate of drug-likeness (QED) is 0.859. The SMILES string of the molecule is Cc1nn(C)c2c1[C@H](c1ccc(C#N)cc1)CC(=O)N2. The molecule has 0 spiro atoms. The van der Waals surface area contributed by atoms with Crippen LogP contribution in [0.4, 0.5) is 5.82 Å². The molecule has 5 nitrogen and oxygen atoms in total. The largest absolute Gasteiger partial charge is 0.311 e. The predicted molar refractivity (Wildman–Crippen MR) is 74.2 cm³/mol. The standard InChI is InChI=1S/C15H14N4O/c1-9-14-12(11-5-3-10(8-16)4-6-11)7-13(20)17-15(14)19(2)18-9/h3-6,12H,7H2,1-2H3,(H,17,20)/t12-/m0/s1. The highest BCUT2D eigenvalue weighted by molar-refractivity contribution is 5.94. The molecule has 1 aromatic carbocycles. The highest BCUT2D eigenvalue weighted by Gasteiger charge is 2.31. The summed E-state index contributed by atoms with van der Waals surface area (Å²) >= 11 is 0. The summed E-state index contributed by atoms with van der Waals surface area (Å²) < 4.78 is 1.71. The van der Waals surface area contributed by atoms with Gasteiger partial charge in [0, 0.05) is 24.9 Å². The first-order valence-electron chi connectivity index (χ1n) is 6.43. The number of nitriles is 1. The summed E-state index contributed by atoms with van der Waals surface area (Å²) in [6.07, 6.45) is 0.408. The number of aromatic nitrogens is 2. The monoisotopic (exact) mass is 266 g/mol. The Hall–Kier alpha value is -2.61. The Morgan fingerprint density at radius 3 is 2.75 bits per heavy atom. The highest BCUT2D eigenvalue weighted by atomic mass is 16.1. The van der Waals surface area contributed by atoms with Crippen LogP contribution in [0.15, 0.2) is 24.3 Å². The average molecular weight is 266 g/mol. The maximum absolute atomic E-state index is 11.9. The van der Waals surface area contributed by atoms with Crippen molar-refractivity contribution in [3.05, 3.63) is 46.6 Å². The number of rotatable bonds is 1. The zero-order valence-corrected chi connectivity index (χ0v) is 11.3. The summed E-state index contributed by atoms with van der Waals surface area (Å²) in [5, 5.41) is 16.1. The van der Waals surface area contributed by atoms with E-state index in [1.165, 1.54) is 0 Å². The molecule has 0 unspecified atom stereocenters. The Morgan fingerprint density at radius 2 is 2.10 bits per heavy atom. The van der Waals surface area contributed by atoms with Crippen molar-refractivity contribution < 1.29 is 4.79 Å². The Kier molecular flexibility index (Phi) is 2.79. The Labute approximate surface area is 116 Å². The van der Waals surface area contributed by atoms with Crippen LogP contribution in [0, 0.1) is 18.3 Å². The van der Waals surface area contributed by atoms with Crippen molar-refractivity contribution in [2.45, 2.75) is 19.3 Å². The second-order valence-electron chi connectivity index (χ2n) is 5.01. The molecule has 0 saturated heterocycles. The van der Waals surface area contributed by atoms with E-state index < -0.39 is 0 Å². The van der Waals surface area contributed by atoms with Crippen LogP contribution in [0.5, 0.6) is 0 Å². The second kappa shape index (κ2) is 4.49. The molecule has 0 aliphatic carbocycles. The average Bonchev–Trinajstić information content (AvgIpc) is 2.73. The van der Waals surface area contributed by atoms with Crippen molar-refractivity contribution in [3.8, 4) is 6.07 Å². The van der Waals surface area contributed by atoms with Crippen LogP contribution in [-0.2, 0) is 11.8 Å². The molecule has 0 bridgehead atoms. The van der Waals surface area contributed by atoms with Gasteiger partial charge in [0.15, 0.2) is 0 Å². The number of hydrogen-bond acceptors (Lipinski definition) is 3. The smallest absolute Gasteiger partial charge is 0.226 e. The molecule has 2 heterocycles. The molecule has 1 aliphatic rings. The van der Waals surface area contributed by atoms with E-state index in [9.17, 15) is 4.79 Å². The van der Waals surface area contributed by atoms with Gasteiger partial charge in [-0.25, -0.2) is 0 Å². The lowest BCUT2D eigenvalue weighted by Gasteiger charge is -2.24. The van der Waals surface area contributed by atoms with Crippen molar-refractivity contribution in [3.63, 3.8) is 0 Å². The van der Waals surface area contributed by atoms with Gasteiger partial charge in [-0.3, -0.25) is 9.48 Å². The van der Waals surface area contributed by atoms with Gasteiger partial charge in [0.25, 0.3) is 0 Å². The van der Waals surface area contributed by atoms with Gasteiger partial charge < -0.3 is 5.32 Å². The van der Waals surface area contributed by atoms with E-state index in [1.54, 1.807) is 16.8 Å². The molecule has 1 aromatic heterocycles. The zero-order chi connectivity index (χ0) is 14.3. The molecule has 0 radical (unpaired) electrons. The summed E-state index contributed by atoms with van der Waals surface area (Å²) in [7, 11) is 1.83. The molecule has 0 fully saturated rings. The molecule has 1 aliphatic heterocycles. The third-order valence-corrected chi connectivity index (χ3v) is 3.71. The number of fused-ring (bicyclic) bond motifs is 1. The first kappa shape index (κ1) is 12.4. The van der Waals surface area contributed by atoms with Gasteiger partial charge in [-0.05, 0) is 24.6 Å². The van der Waals surface area contributed by atoms with E-state index >= 15 is 0 Å². The number of nitrogens with one attached hydrogen (secondary N) is 1. The minimum absolute atomic E-state index is 0.000179. The van der Waals surface area contributed by atoms with E-state index in [0.717, 1.165) is 22.6 Å². The minimum Gasteiger partial charge on any atom is -0.311 e. The summed E-state index contributed by atoms with van der Waals surface area (Å²) in [5.74, 6) is 0.767. The van der Waals surface area contributed by atoms with Gasteiger partial charge in [-0.15, -0.1) is 0 Å². The topological polar surface area (TPSA) is 70.7 Å². The van der Waals surface area contributed by atoms with Crippen molar-refractivity contribution in [1.82, 2.24) is 9.78 Å². The summed E-state index contributed by atoms with van der Waals surface area (Å²) in [6, 6.07) is 9.50. The summed E-state index contributed by atoms with van der Waals surface area (Å²) in [5.41, 5.74) is 3.65. The number of hydrogen-bond donors (Lipinski definition) is 1. The third kappa shape index (κ3) is 1.86. The molecule has 100 valence electrons. The van der Waals surface area contributed by atoms with Crippen LogP contribution in [0.1, 0.15) is 34.7 Å². The minimum atomic E-state index is -0.00476. The van der Waals surface area contributed by atoms with Gasteiger partial charge in [-0.2, -0.15) is 10.4 Å². The van der Waals surface area contributed by atoms with Gasteiger partial charge in [0.2, 0.25) is 5.91 Å². The van der Waals surface area contributed by atoms with Crippen LogP contribution in [0.25, 0.3) is 0 Å². The molecule has 1 N–H and O–H groups in total. The summed E-state index contributed by atoms with van der Waals surface area (Å²) in [6.45, 7) is 1.95. The van der Waals surface area contributed by atoms with Gasteiger partial charge >= 0.3 is 0 Å². The van der Waals surface area contributed by atoms with Crippen molar-refractivity contribution in [2.75, 3.05) is 5.32 Å². The van der Waals surface area contributed by atoms with Crippen molar-refractivity contribution in [1.29, 1.82) is 5.26 Å². The van der Waals surface area contributed by atoms with Crippen LogP contribution in [0.2, 0.25) is 0 Å². The normalized spacial score (nSPS) is 17.2. The highest BCUT2D eigenvalue weighted by Crippen LogP contribution is 2.38. The lowest BCUT2D eigenvalue weighted by molar-refractivity contribution is -0.116. The zero-order valence-electron chi connectivity index (χ0n) is 11.3.